The zero-order valence-electron chi connectivity index (χ0n) is 10.5. The Bertz CT molecular complexity index is 405. The number of aliphatic hydroxyl groups excluding tert-OH is 1. The Kier molecular flexibility index (Phi) is 3.70. The normalized spacial score (nSPS) is 36.1. The summed E-state index contributed by atoms with van der Waals surface area (Å²) in [5.41, 5.74) is 6.90. The second-order valence-electron chi connectivity index (χ2n) is 4.89. The minimum atomic E-state index is -0.826. The lowest BCUT2D eigenvalue weighted by Crippen LogP contribution is -2.51. The Morgan fingerprint density at radius 3 is 2.83 bits per heavy atom. The van der Waals surface area contributed by atoms with Crippen LogP contribution in [0.5, 0.6) is 0 Å². The lowest BCUT2D eigenvalue weighted by molar-refractivity contribution is -0.142. The topological polar surface area (TPSA) is 93.6 Å². The number of carbonyl (C=O) groups is 1. The molecule has 0 aromatic heterocycles. The summed E-state index contributed by atoms with van der Waals surface area (Å²) < 4.78 is 0. The second-order valence-corrected chi connectivity index (χ2v) is 4.89. The molecule has 0 amide bonds. The van der Waals surface area contributed by atoms with Gasteiger partial charge in [-0.15, -0.1) is 0 Å². The highest BCUT2D eigenvalue weighted by atomic mass is 16.4. The molecule has 0 aromatic carbocycles. The number of hydrogen-bond donors (Lipinski definition) is 5. The summed E-state index contributed by atoms with van der Waals surface area (Å²) in [5.74, 6) is -1.07. The number of hydrogen-bond acceptors (Lipinski definition) is 5. The van der Waals surface area contributed by atoms with Gasteiger partial charge in [0.25, 0.3) is 0 Å². The number of aliphatic carboxylic acids is 1. The van der Waals surface area contributed by atoms with Crippen LogP contribution in [-0.2, 0) is 4.79 Å². The van der Waals surface area contributed by atoms with Crippen LogP contribution in [0, 0.1) is 5.92 Å². The van der Waals surface area contributed by atoms with E-state index < -0.39 is 11.9 Å². The van der Waals surface area contributed by atoms with Gasteiger partial charge in [0.05, 0.1) is 6.17 Å². The Morgan fingerprint density at radius 2 is 2.22 bits per heavy atom. The molecule has 1 saturated heterocycles. The molecule has 1 aliphatic heterocycles. The van der Waals surface area contributed by atoms with Crippen molar-refractivity contribution in [1.29, 1.82) is 0 Å². The largest absolute Gasteiger partial charge is 0.508 e. The van der Waals surface area contributed by atoms with Crippen LogP contribution in [0.25, 0.3) is 0 Å². The van der Waals surface area contributed by atoms with Crippen LogP contribution >= 0.6 is 0 Å². The predicted molar refractivity (Wildman–Crippen MR) is 66.7 cm³/mol. The van der Waals surface area contributed by atoms with Crippen molar-refractivity contribution < 1.29 is 15.0 Å². The Hall–Kier alpha value is -1.37. The fourth-order valence-corrected chi connectivity index (χ4v) is 2.42. The summed E-state index contributed by atoms with van der Waals surface area (Å²) in [6.07, 6.45) is 3.77. The van der Waals surface area contributed by atoms with E-state index in [9.17, 15) is 15.0 Å². The zero-order chi connectivity index (χ0) is 13.3. The summed E-state index contributed by atoms with van der Waals surface area (Å²) >= 11 is 0. The van der Waals surface area contributed by atoms with E-state index in [4.69, 9.17) is 0 Å². The first-order valence-corrected chi connectivity index (χ1v) is 6.06. The first kappa shape index (κ1) is 13.1. The van der Waals surface area contributed by atoms with Crippen molar-refractivity contribution in [1.82, 2.24) is 16.2 Å². The van der Waals surface area contributed by atoms with Crippen molar-refractivity contribution in [3.05, 3.63) is 23.5 Å². The molecule has 4 unspecified atom stereocenters. The number of carboxylic acid groups (broad SMARTS) is 1. The minimum Gasteiger partial charge on any atom is -0.508 e. The van der Waals surface area contributed by atoms with Gasteiger partial charge >= 0.3 is 5.97 Å². The molecule has 1 heterocycles. The average molecular weight is 253 g/mol. The van der Waals surface area contributed by atoms with Crippen LogP contribution in [0.2, 0.25) is 0 Å². The third-order valence-corrected chi connectivity index (χ3v) is 3.52. The SMILES string of the molecule is CC1=CC(O)=CCC1NC1NNC(C)C1C(=O)O. The quantitative estimate of drug-likeness (QED) is 0.495. The molecule has 1 aliphatic carbocycles. The molecule has 0 spiro atoms. The van der Waals surface area contributed by atoms with E-state index in [0.717, 1.165) is 5.57 Å². The molecule has 2 rings (SSSR count). The first-order valence-electron chi connectivity index (χ1n) is 6.06. The summed E-state index contributed by atoms with van der Waals surface area (Å²) in [7, 11) is 0. The Morgan fingerprint density at radius 1 is 1.50 bits per heavy atom. The summed E-state index contributed by atoms with van der Waals surface area (Å²) in [6.45, 7) is 3.76. The Balaban J connectivity index is 2.02. The van der Waals surface area contributed by atoms with Crippen molar-refractivity contribution in [3.8, 4) is 0 Å². The summed E-state index contributed by atoms with van der Waals surface area (Å²) in [6, 6.07) is -0.0795. The molecule has 1 fully saturated rings. The van der Waals surface area contributed by atoms with Gasteiger partial charge in [-0.3, -0.25) is 15.5 Å². The van der Waals surface area contributed by atoms with Gasteiger partial charge in [-0.05, 0) is 32.4 Å². The van der Waals surface area contributed by atoms with Crippen molar-refractivity contribution in [2.24, 2.45) is 5.92 Å². The van der Waals surface area contributed by atoms with Gasteiger partial charge in [0.15, 0.2) is 0 Å². The number of allylic oxidation sites excluding steroid dienone is 1. The molecular weight excluding hydrogens is 234 g/mol. The lowest BCUT2D eigenvalue weighted by atomic mass is 9.96. The molecule has 0 aromatic rings. The molecule has 5 N–H and O–H groups in total. The van der Waals surface area contributed by atoms with Crippen LogP contribution in [0.1, 0.15) is 20.3 Å². The molecular formula is C12H19N3O3. The highest BCUT2D eigenvalue weighted by Gasteiger charge is 2.39. The lowest BCUT2D eigenvalue weighted by Gasteiger charge is -2.27. The monoisotopic (exact) mass is 253 g/mol. The molecule has 100 valence electrons. The van der Waals surface area contributed by atoms with Crippen LogP contribution < -0.4 is 16.2 Å². The zero-order valence-corrected chi connectivity index (χ0v) is 10.5. The molecule has 0 bridgehead atoms. The predicted octanol–water partition coefficient (Wildman–Crippen LogP) is 0.260. The second kappa shape index (κ2) is 5.09. The Labute approximate surface area is 106 Å². The smallest absolute Gasteiger partial charge is 0.311 e. The third-order valence-electron chi connectivity index (χ3n) is 3.52. The van der Waals surface area contributed by atoms with Crippen LogP contribution in [-0.4, -0.2) is 34.4 Å². The molecule has 6 heteroatoms. The van der Waals surface area contributed by atoms with Crippen molar-refractivity contribution in [2.75, 3.05) is 0 Å². The number of aliphatic hydroxyl groups is 1. The third kappa shape index (κ3) is 2.55. The average Bonchev–Trinajstić information content (AvgIpc) is 2.64. The van der Waals surface area contributed by atoms with Gasteiger partial charge in [0, 0.05) is 12.1 Å². The maximum Gasteiger partial charge on any atom is 0.311 e. The van der Waals surface area contributed by atoms with Crippen molar-refractivity contribution in [3.63, 3.8) is 0 Å². The van der Waals surface area contributed by atoms with E-state index in [1.165, 1.54) is 0 Å². The minimum absolute atomic E-state index is 0.0485. The van der Waals surface area contributed by atoms with Gasteiger partial charge < -0.3 is 10.2 Å². The van der Waals surface area contributed by atoms with E-state index >= 15 is 0 Å². The van der Waals surface area contributed by atoms with Crippen LogP contribution in [0.4, 0.5) is 0 Å². The fraction of sp³-hybridized carbons (Fsp3) is 0.583. The van der Waals surface area contributed by atoms with Crippen LogP contribution in [0.15, 0.2) is 23.5 Å². The number of nitrogens with one attached hydrogen (secondary N) is 3. The van der Waals surface area contributed by atoms with E-state index in [0.29, 0.717) is 6.42 Å². The van der Waals surface area contributed by atoms with E-state index in [1.807, 2.05) is 13.8 Å². The molecule has 18 heavy (non-hydrogen) atoms. The molecule has 0 radical (unpaired) electrons. The molecule has 0 saturated carbocycles. The van der Waals surface area contributed by atoms with Gasteiger partial charge in [-0.1, -0.05) is 5.57 Å². The van der Waals surface area contributed by atoms with Gasteiger partial charge in [-0.25, -0.2) is 5.43 Å². The van der Waals surface area contributed by atoms with Crippen LogP contribution in [0.3, 0.4) is 0 Å². The maximum atomic E-state index is 11.2. The summed E-state index contributed by atoms with van der Waals surface area (Å²) in [4.78, 5) is 11.2. The van der Waals surface area contributed by atoms with E-state index in [1.54, 1.807) is 12.2 Å². The summed E-state index contributed by atoms with van der Waals surface area (Å²) in [5, 5.41) is 21.9. The first-order chi connectivity index (χ1) is 8.49. The standard InChI is InChI=1S/C12H19N3O3/c1-6-5-8(16)3-4-9(6)13-11-10(12(17)18)7(2)14-15-11/h3,5,7,9-11,13-16H,4H2,1-2H3,(H,17,18). The van der Waals surface area contributed by atoms with Crippen molar-refractivity contribution >= 4 is 5.97 Å². The number of carboxylic acids is 1. The fourth-order valence-electron chi connectivity index (χ4n) is 2.42. The van der Waals surface area contributed by atoms with E-state index in [2.05, 4.69) is 16.2 Å². The molecule has 2 aliphatic rings. The van der Waals surface area contributed by atoms with Gasteiger partial charge in [-0.2, -0.15) is 0 Å². The number of rotatable bonds is 3. The highest BCUT2D eigenvalue weighted by molar-refractivity contribution is 5.72. The highest BCUT2D eigenvalue weighted by Crippen LogP contribution is 2.20. The maximum absolute atomic E-state index is 11.2. The van der Waals surface area contributed by atoms with E-state index in [-0.39, 0.29) is 24.0 Å². The van der Waals surface area contributed by atoms with Gasteiger partial charge in [0.2, 0.25) is 0 Å². The molecule has 6 nitrogen and oxygen atoms in total. The number of hydrazine groups is 1. The molecule has 4 atom stereocenters. The van der Waals surface area contributed by atoms with Crippen molar-refractivity contribution in [2.45, 2.75) is 38.5 Å². The van der Waals surface area contributed by atoms with Gasteiger partial charge in [0.1, 0.15) is 11.7 Å².